The summed E-state index contributed by atoms with van der Waals surface area (Å²) in [4.78, 5) is 23.0. The minimum absolute atomic E-state index is 0.0122. The van der Waals surface area contributed by atoms with E-state index in [9.17, 15) is 4.79 Å². The van der Waals surface area contributed by atoms with E-state index in [-0.39, 0.29) is 37.4 Å². The number of carbonyl (C=O) groups excluding carboxylic acids is 1. The lowest BCUT2D eigenvalue weighted by molar-refractivity contribution is -0.145. The van der Waals surface area contributed by atoms with E-state index in [1.54, 1.807) is 0 Å². The van der Waals surface area contributed by atoms with E-state index >= 15 is 0 Å². The second kappa shape index (κ2) is 7.39. The second-order valence-corrected chi connectivity index (χ2v) is 5.00. The summed E-state index contributed by atoms with van der Waals surface area (Å²) < 4.78 is 10.6. The Balaban J connectivity index is 1.78. The molecule has 0 saturated heterocycles. The Bertz CT molecular complexity index is 685. The molecule has 1 aromatic carbocycles. The fraction of sp³-hybridized carbons (Fsp3) is 0.333. The summed E-state index contributed by atoms with van der Waals surface area (Å²) in [6.45, 7) is 4.04. The summed E-state index contributed by atoms with van der Waals surface area (Å²) in [7, 11) is 0. The number of esters is 1. The van der Waals surface area contributed by atoms with E-state index in [1.165, 1.54) is 0 Å². The number of benzene rings is 1. The fourth-order valence-electron chi connectivity index (χ4n) is 1.85. The van der Waals surface area contributed by atoms with E-state index < -0.39 is 5.97 Å². The number of nitrogen functional groups attached to an aromatic ring is 2. The van der Waals surface area contributed by atoms with Gasteiger partial charge in [0.2, 0.25) is 11.9 Å². The smallest absolute Gasteiger partial charge is 0.309 e. The monoisotopic (exact) mass is 317 g/mol. The number of aromatic nitrogens is 3. The second-order valence-electron chi connectivity index (χ2n) is 5.00. The Hall–Kier alpha value is -2.90. The van der Waals surface area contributed by atoms with Crippen LogP contribution in [0, 0.1) is 13.8 Å². The maximum absolute atomic E-state index is 11.7. The molecule has 0 radical (unpaired) electrons. The largest absolute Gasteiger partial charge is 0.493 e. The molecule has 122 valence electrons. The molecule has 0 atom stereocenters. The van der Waals surface area contributed by atoms with Crippen molar-refractivity contribution in [1.29, 1.82) is 0 Å². The van der Waals surface area contributed by atoms with E-state index in [0.717, 1.165) is 16.9 Å². The maximum atomic E-state index is 11.7. The molecule has 2 rings (SSSR count). The first-order chi connectivity index (χ1) is 10.9. The van der Waals surface area contributed by atoms with Gasteiger partial charge < -0.3 is 20.9 Å². The van der Waals surface area contributed by atoms with Crippen molar-refractivity contribution in [1.82, 2.24) is 15.0 Å². The highest BCUT2D eigenvalue weighted by Gasteiger charge is 2.08. The fourth-order valence-corrected chi connectivity index (χ4v) is 1.85. The average molecular weight is 317 g/mol. The number of carbonyl (C=O) groups is 1. The Labute approximate surface area is 133 Å². The van der Waals surface area contributed by atoms with Crippen molar-refractivity contribution in [2.75, 3.05) is 18.1 Å². The number of nitrogens with two attached hydrogens (primary N) is 2. The Kier molecular flexibility index (Phi) is 5.29. The van der Waals surface area contributed by atoms with E-state index in [0.29, 0.717) is 0 Å². The molecule has 0 amide bonds. The molecule has 1 aromatic heterocycles. The molecule has 0 fully saturated rings. The summed E-state index contributed by atoms with van der Waals surface area (Å²) >= 11 is 0. The molecule has 1 heterocycles. The number of rotatable bonds is 6. The van der Waals surface area contributed by atoms with Gasteiger partial charge >= 0.3 is 5.97 Å². The summed E-state index contributed by atoms with van der Waals surface area (Å²) in [6.07, 6.45) is 0.115. The topological polar surface area (TPSA) is 126 Å². The van der Waals surface area contributed by atoms with Crippen LogP contribution >= 0.6 is 0 Å². The third kappa shape index (κ3) is 5.10. The van der Waals surface area contributed by atoms with Crippen LogP contribution in [0.5, 0.6) is 5.75 Å². The molecule has 23 heavy (non-hydrogen) atoms. The Morgan fingerprint density at radius 3 is 2.52 bits per heavy atom. The first-order valence-electron chi connectivity index (χ1n) is 7.05. The van der Waals surface area contributed by atoms with Gasteiger partial charge in [0.25, 0.3) is 0 Å². The van der Waals surface area contributed by atoms with Crippen LogP contribution in [-0.2, 0) is 16.1 Å². The van der Waals surface area contributed by atoms with Gasteiger partial charge in [0.1, 0.15) is 5.75 Å². The van der Waals surface area contributed by atoms with Gasteiger partial charge in [-0.2, -0.15) is 15.0 Å². The SMILES string of the molecule is Cc1ccc(C)c(OCCC(=O)OCc2nc(N)nc(N)n2)c1. The molecule has 0 aliphatic carbocycles. The third-order valence-electron chi connectivity index (χ3n) is 2.99. The molecule has 8 heteroatoms. The number of aryl methyl sites for hydroxylation is 2. The number of anilines is 2. The third-order valence-corrected chi connectivity index (χ3v) is 2.99. The highest BCUT2D eigenvalue weighted by atomic mass is 16.5. The number of hydrogen-bond acceptors (Lipinski definition) is 8. The maximum Gasteiger partial charge on any atom is 0.309 e. The molecule has 0 saturated carbocycles. The minimum Gasteiger partial charge on any atom is -0.493 e. The van der Waals surface area contributed by atoms with Crippen LogP contribution in [0.15, 0.2) is 18.2 Å². The number of nitrogens with zero attached hydrogens (tertiary/aromatic N) is 3. The molecule has 0 aliphatic rings. The molecular formula is C15H19N5O3. The van der Waals surface area contributed by atoms with Crippen molar-refractivity contribution in [2.45, 2.75) is 26.9 Å². The predicted molar refractivity (Wildman–Crippen MR) is 84.5 cm³/mol. The van der Waals surface area contributed by atoms with Crippen LogP contribution in [0.2, 0.25) is 0 Å². The van der Waals surface area contributed by atoms with Crippen LogP contribution in [0.4, 0.5) is 11.9 Å². The van der Waals surface area contributed by atoms with Gasteiger partial charge in [-0.15, -0.1) is 0 Å². The number of hydrogen-bond donors (Lipinski definition) is 2. The number of ether oxygens (including phenoxy) is 2. The van der Waals surface area contributed by atoms with Crippen LogP contribution in [0.3, 0.4) is 0 Å². The van der Waals surface area contributed by atoms with Gasteiger partial charge in [-0.05, 0) is 31.0 Å². The standard InChI is InChI=1S/C15H19N5O3/c1-9-3-4-10(2)11(7-9)22-6-5-13(21)23-8-12-18-14(16)20-15(17)19-12/h3-4,7H,5-6,8H2,1-2H3,(H4,16,17,18,19,20). The van der Waals surface area contributed by atoms with Crippen LogP contribution in [0.25, 0.3) is 0 Å². The molecular weight excluding hydrogens is 298 g/mol. The molecule has 0 aliphatic heterocycles. The summed E-state index contributed by atoms with van der Waals surface area (Å²) in [6, 6.07) is 5.90. The van der Waals surface area contributed by atoms with Crippen LogP contribution in [0.1, 0.15) is 23.4 Å². The quantitative estimate of drug-likeness (QED) is 0.760. The van der Waals surface area contributed by atoms with E-state index in [2.05, 4.69) is 15.0 Å². The zero-order valence-electron chi connectivity index (χ0n) is 13.1. The van der Waals surface area contributed by atoms with Gasteiger partial charge in [-0.25, -0.2) is 0 Å². The van der Waals surface area contributed by atoms with Crippen molar-refractivity contribution in [2.24, 2.45) is 0 Å². The lowest BCUT2D eigenvalue weighted by Crippen LogP contribution is -2.13. The molecule has 2 aromatic rings. The predicted octanol–water partition coefficient (Wildman–Crippen LogP) is 1.17. The zero-order valence-corrected chi connectivity index (χ0v) is 13.1. The van der Waals surface area contributed by atoms with Crippen molar-refractivity contribution in [3.05, 3.63) is 35.2 Å². The summed E-state index contributed by atoms with van der Waals surface area (Å²) in [5.74, 6) is 0.520. The van der Waals surface area contributed by atoms with Gasteiger partial charge in [-0.3, -0.25) is 4.79 Å². The van der Waals surface area contributed by atoms with Crippen molar-refractivity contribution in [3.8, 4) is 5.75 Å². The first kappa shape index (κ1) is 16.5. The van der Waals surface area contributed by atoms with Crippen molar-refractivity contribution < 1.29 is 14.3 Å². The Morgan fingerprint density at radius 1 is 1.13 bits per heavy atom. The van der Waals surface area contributed by atoms with Gasteiger partial charge in [-0.1, -0.05) is 12.1 Å². The van der Waals surface area contributed by atoms with Crippen molar-refractivity contribution in [3.63, 3.8) is 0 Å². The summed E-state index contributed by atoms with van der Waals surface area (Å²) in [5, 5.41) is 0. The first-order valence-corrected chi connectivity index (χ1v) is 7.05. The van der Waals surface area contributed by atoms with Gasteiger partial charge in [0.05, 0.1) is 13.0 Å². The lowest BCUT2D eigenvalue weighted by Gasteiger charge is -2.10. The Morgan fingerprint density at radius 2 is 1.83 bits per heavy atom. The molecule has 8 nitrogen and oxygen atoms in total. The van der Waals surface area contributed by atoms with E-state index in [4.69, 9.17) is 20.9 Å². The molecule has 0 spiro atoms. The van der Waals surface area contributed by atoms with Gasteiger partial charge in [0.15, 0.2) is 12.4 Å². The van der Waals surface area contributed by atoms with Gasteiger partial charge in [0, 0.05) is 0 Å². The van der Waals surface area contributed by atoms with Crippen LogP contribution < -0.4 is 16.2 Å². The lowest BCUT2D eigenvalue weighted by atomic mass is 10.1. The van der Waals surface area contributed by atoms with Crippen molar-refractivity contribution >= 4 is 17.9 Å². The minimum atomic E-state index is -0.423. The molecule has 0 bridgehead atoms. The molecule has 0 unspecified atom stereocenters. The highest BCUT2D eigenvalue weighted by molar-refractivity contribution is 5.69. The van der Waals surface area contributed by atoms with Crippen LogP contribution in [-0.4, -0.2) is 27.5 Å². The molecule has 4 N–H and O–H groups in total. The highest BCUT2D eigenvalue weighted by Crippen LogP contribution is 2.19. The normalized spacial score (nSPS) is 10.3. The van der Waals surface area contributed by atoms with E-state index in [1.807, 2.05) is 32.0 Å². The average Bonchev–Trinajstić information content (AvgIpc) is 2.48. The zero-order chi connectivity index (χ0) is 16.8. The summed E-state index contributed by atoms with van der Waals surface area (Å²) in [5.41, 5.74) is 13.0.